The van der Waals surface area contributed by atoms with Gasteiger partial charge in [-0.3, -0.25) is 15.0 Å². The Morgan fingerprint density at radius 3 is 2.27 bits per heavy atom. The maximum absolute atomic E-state index is 13.4. The Balaban J connectivity index is 1.95. The second kappa shape index (κ2) is 9.22. The van der Waals surface area contributed by atoms with E-state index >= 15 is 0 Å². The van der Waals surface area contributed by atoms with Gasteiger partial charge in [-0.2, -0.15) is 4.68 Å². The summed E-state index contributed by atoms with van der Waals surface area (Å²) in [4.78, 5) is 31.0. The summed E-state index contributed by atoms with van der Waals surface area (Å²) in [6.07, 6.45) is 0. The van der Waals surface area contributed by atoms with E-state index in [2.05, 4.69) is 10.4 Å². The molecule has 0 saturated carbocycles. The molecule has 0 aliphatic heterocycles. The van der Waals surface area contributed by atoms with Crippen LogP contribution in [0.2, 0.25) is 5.02 Å². The topological polar surface area (TPSA) is 91.7 Å². The van der Waals surface area contributed by atoms with Gasteiger partial charge in [-0.1, -0.05) is 29.8 Å². The van der Waals surface area contributed by atoms with Gasteiger partial charge in [0.15, 0.2) is 17.3 Å². The molecule has 168 valence electrons. The molecule has 0 bridgehead atoms. The molecule has 0 saturated heterocycles. The fraction of sp³-hybridized carbons (Fsp3) is 0.125. The van der Waals surface area contributed by atoms with Crippen LogP contribution >= 0.6 is 11.6 Å². The number of benzene rings is 3. The fourth-order valence-electron chi connectivity index (χ4n) is 3.44. The Labute approximate surface area is 194 Å². The lowest BCUT2D eigenvalue weighted by molar-refractivity contribution is 0.101. The van der Waals surface area contributed by atoms with E-state index in [9.17, 15) is 9.59 Å². The third-order valence-corrected chi connectivity index (χ3v) is 5.23. The highest BCUT2D eigenvalue weighted by atomic mass is 35.5. The van der Waals surface area contributed by atoms with Gasteiger partial charge in [0.2, 0.25) is 5.75 Å². The minimum absolute atomic E-state index is 0.188. The van der Waals surface area contributed by atoms with Gasteiger partial charge in [-0.15, -0.1) is 0 Å². The van der Waals surface area contributed by atoms with E-state index in [-0.39, 0.29) is 5.82 Å². The van der Waals surface area contributed by atoms with Gasteiger partial charge >= 0.3 is 0 Å². The molecule has 8 nitrogen and oxygen atoms in total. The highest BCUT2D eigenvalue weighted by molar-refractivity contribution is 6.31. The Bertz CT molecular complexity index is 1390. The van der Waals surface area contributed by atoms with Crippen molar-refractivity contribution in [1.29, 1.82) is 0 Å². The van der Waals surface area contributed by atoms with Crippen LogP contribution in [-0.4, -0.2) is 36.9 Å². The normalized spacial score (nSPS) is 10.7. The molecule has 0 aliphatic carbocycles. The number of halogens is 1. The first-order chi connectivity index (χ1) is 16.0. The van der Waals surface area contributed by atoms with Gasteiger partial charge in [0.25, 0.3) is 11.5 Å². The molecule has 4 aromatic rings. The second-order valence-corrected chi connectivity index (χ2v) is 7.39. The summed E-state index contributed by atoms with van der Waals surface area (Å²) >= 11 is 6.02. The third kappa shape index (κ3) is 4.20. The first-order valence-electron chi connectivity index (χ1n) is 9.86. The van der Waals surface area contributed by atoms with Crippen LogP contribution in [0.1, 0.15) is 10.4 Å². The number of para-hydroxylation sites is 1. The van der Waals surface area contributed by atoms with Gasteiger partial charge in [0, 0.05) is 16.1 Å². The molecule has 1 N–H and O–H groups in total. The lowest BCUT2D eigenvalue weighted by atomic mass is 10.1. The van der Waals surface area contributed by atoms with Crippen LogP contribution in [0, 0.1) is 0 Å². The van der Waals surface area contributed by atoms with Crippen molar-refractivity contribution < 1.29 is 19.0 Å². The van der Waals surface area contributed by atoms with Crippen LogP contribution < -0.4 is 25.2 Å². The number of nitrogens with zero attached hydrogens (tertiary/aromatic N) is 2. The van der Waals surface area contributed by atoms with Gasteiger partial charge < -0.3 is 14.2 Å². The van der Waals surface area contributed by atoms with Crippen molar-refractivity contribution in [2.45, 2.75) is 0 Å². The average Bonchev–Trinajstić information content (AvgIpc) is 2.84. The van der Waals surface area contributed by atoms with Crippen molar-refractivity contribution >= 4 is 28.4 Å². The molecule has 1 amide bonds. The van der Waals surface area contributed by atoms with Crippen LogP contribution in [0.4, 0.5) is 0 Å². The zero-order chi connectivity index (χ0) is 23.5. The third-order valence-electron chi connectivity index (χ3n) is 5.00. The molecule has 33 heavy (non-hydrogen) atoms. The van der Waals surface area contributed by atoms with Crippen molar-refractivity contribution in [3.8, 4) is 28.6 Å². The zero-order valence-electron chi connectivity index (χ0n) is 18.1. The summed E-state index contributed by atoms with van der Waals surface area (Å²) in [7, 11) is 4.47. The molecule has 0 unspecified atom stereocenters. The zero-order valence-corrected chi connectivity index (χ0v) is 18.8. The van der Waals surface area contributed by atoms with E-state index in [1.165, 1.54) is 27.4 Å². The summed E-state index contributed by atoms with van der Waals surface area (Å²) in [6.45, 7) is 0. The lowest BCUT2D eigenvalue weighted by Gasteiger charge is -2.17. The second-order valence-electron chi connectivity index (χ2n) is 6.96. The van der Waals surface area contributed by atoms with Crippen LogP contribution in [0.15, 0.2) is 65.5 Å². The number of aromatic nitrogens is 2. The standard InChI is InChI=1S/C24H20ClN3O5/c1-31-19-12-15(13-20(32-2)21(19)33-3)22-26-18-10-5-4-9-17(18)24(30)28(22)27-23(29)14-7-6-8-16(25)11-14/h4-13H,1-3H3,(H,27,29). The molecule has 0 spiro atoms. The van der Waals surface area contributed by atoms with Crippen molar-refractivity contribution in [1.82, 2.24) is 9.66 Å². The Hall–Kier alpha value is -4.04. The number of rotatable bonds is 6. The number of fused-ring (bicyclic) bond motifs is 1. The summed E-state index contributed by atoms with van der Waals surface area (Å²) in [5.41, 5.74) is 3.44. The van der Waals surface area contributed by atoms with Crippen molar-refractivity contribution in [2.24, 2.45) is 0 Å². The minimum Gasteiger partial charge on any atom is -0.493 e. The SMILES string of the molecule is COc1cc(-c2nc3ccccc3c(=O)n2NC(=O)c2cccc(Cl)c2)cc(OC)c1OC. The Kier molecular flexibility index (Phi) is 6.19. The van der Waals surface area contributed by atoms with Crippen LogP contribution in [0.25, 0.3) is 22.3 Å². The number of hydrogen-bond donors (Lipinski definition) is 1. The molecule has 9 heteroatoms. The smallest absolute Gasteiger partial charge is 0.280 e. The predicted molar refractivity (Wildman–Crippen MR) is 126 cm³/mol. The van der Waals surface area contributed by atoms with Crippen LogP contribution in [0.3, 0.4) is 0 Å². The predicted octanol–water partition coefficient (Wildman–Crippen LogP) is 4.13. The summed E-state index contributed by atoms with van der Waals surface area (Å²) in [5.74, 6) is 0.809. The fourth-order valence-corrected chi connectivity index (χ4v) is 3.63. The van der Waals surface area contributed by atoms with Gasteiger partial charge in [-0.25, -0.2) is 4.98 Å². The largest absolute Gasteiger partial charge is 0.493 e. The van der Waals surface area contributed by atoms with Gasteiger partial charge in [0.1, 0.15) is 0 Å². The maximum Gasteiger partial charge on any atom is 0.280 e. The molecule has 0 radical (unpaired) electrons. The van der Waals surface area contributed by atoms with Gasteiger partial charge in [-0.05, 0) is 42.5 Å². The molecular formula is C24H20ClN3O5. The van der Waals surface area contributed by atoms with E-state index in [0.29, 0.717) is 44.3 Å². The van der Waals surface area contributed by atoms with Crippen molar-refractivity contribution in [2.75, 3.05) is 26.8 Å². The number of hydrogen-bond acceptors (Lipinski definition) is 6. The molecule has 4 rings (SSSR count). The molecule has 1 heterocycles. The number of carbonyl (C=O) groups excluding carboxylic acids is 1. The molecule has 1 aromatic heterocycles. The lowest BCUT2D eigenvalue weighted by Crippen LogP contribution is -2.35. The average molecular weight is 466 g/mol. The summed E-state index contributed by atoms with van der Waals surface area (Å²) in [5, 5.41) is 0.747. The first-order valence-corrected chi connectivity index (χ1v) is 10.2. The first kappa shape index (κ1) is 22.2. The number of ether oxygens (including phenoxy) is 3. The number of amides is 1. The van der Waals surface area contributed by atoms with Crippen LogP contribution in [0.5, 0.6) is 17.2 Å². The molecule has 0 fully saturated rings. The monoisotopic (exact) mass is 465 g/mol. The van der Waals surface area contributed by atoms with Gasteiger partial charge in [0.05, 0.1) is 32.2 Å². The summed E-state index contributed by atoms with van der Waals surface area (Å²) in [6, 6.07) is 16.6. The van der Waals surface area contributed by atoms with E-state index in [4.69, 9.17) is 25.8 Å². The number of nitrogens with one attached hydrogen (secondary N) is 1. The highest BCUT2D eigenvalue weighted by Gasteiger charge is 2.20. The van der Waals surface area contributed by atoms with E-state index < -0.39 is 11.5 Å². The minimum atomic E-state index is -0.523. The number of methoxy groups -OCH3 is 3. The summed E-state index contributed by atoms with van der Waals surface area (Å²) < 4.78 is 17.4. The Morgan fingerprint density at radius 1 is 0.939 bits per heavy atom. The van der Waals surface area contributed by atoms with E-state index in [1.807, 2.05) is 0 Å². The quantitative estimate of drug-likeness (QED) is 0.460. The maximum atomic E-state index is 13.4. The molecule has 3 aromatic carbocycles. The van der Waals surface area contributed by atoms with Crippen molar-refractivity contribution in [3.63, 3.8) is 0 Å². The van der Waals surface area contributed by atoms with E-state index in [0.717, 1.165) is 4.68 Å². The van der Waals surface area contributed by atoms with Crippen molar-refractivity contribution in [3.05, 3.63) is 81.6 Å². The number of carbonyl (C=O) groups is 1. The molecule has 0 atom stereocenters. The Morgan fingerprint density at radius 2 is 1.64 bits per heavy atom. The highest BCUT2D eigenvalue weighted by Crippen LogP contribution is 2.40. The van der Waals surface area contributed by atoms with Crippen LogP contribution in [-0.2, 0) is 0 Å². The van der Waals surface area contributed by atoms with E-state index in [1.54, 1.807) is 54.6 Å². The molecular weight excluding hydrogens is 446 g/mol. The molecule has 0 aliphatic rings.